The van der Waals surface area contributed by atoms with Crippen LogP contribution in [-0.4, -0.2) is 30.5 Å². The molecule has 5 nitrogen and oxygen atoms in total. The summed E-state index contributed by atoms with van der Waals surface area (Å²) in [7, 11) is 0. The Morgan fingerprint density at radius 2 is 1.43 bits per heavy atom. The first-order valence-electron chi connectivity index (χ1n) is 13.4. The van der Waals surface area contributed by atoms with Gasteiger partial charge in [0.25, 0.3) is 0 Å². The van der Waals surface area contributed by atoms with E-state index in [0.717, 1.165) is 19.3 Å². The molecule has 0 fully saturated rings. The normalized spacial score (nSPS) is 11.1. The van der Waals surface area contributed by atoms with Crippen molar-refractivity contribution in [1.82, 2.24) is 0 Å². The first kappa shape index (κ1) is 28.4. The number of carbonyl (C=O) groups is 1. The predicted molar refractivity (Wildman–Crippen MR) is 144 cm³/mol. The Labute approximate surface area is 211 Å². The second-order valence-corrected chi connectivity index (χ2v) is 9.05. The van der Waals surface area contributed by atoms with E-state index in [9.17, 15) is 9.90 Å². The fraction of sp³-hybridized carbons (Fsp3) is 0.533. The maximum atomic E-state index is 12.0. The standard InChI is InChI=1S/C30H43NO4/c1-3-5-7-8-9-10-11-12-13-14-22-34-28-20-17-26(29(32)23-28)24-31-27-18-15-25(16-19-27)30(33)35-21-6-4-2/h15-20,23-24,32H,3-14,21-22H2,1-2H3. The van der Waals surface area contributed by atoms with E-state index in [0.29, 0.717) is 35.8 Å². The molecule has 0 unspecified atom stereocenters. The van der Waals surface area contributed by atoms with Gasteiger partial charge in [0.1, 0.15) is 11.5 Å². The molecular formula is C30H43NO4. The van der Waals surface area contributed by atoms with E-state index in [1.54, 1.807) is 42.6 Å². The third-order valence-corrected chi connectivity index (χ3v) is 5.96. The molecule has 35 heavy (non-hydrogen) atoms. The van der Waals surface area contributed by atoms with Crippen LogP contribution in [0.2, 0.25) is 0 Å². The van der Waals surface area contributed by atoms with E-state index in [-0.39, 0.29) is 11.7 Å². The molecule has 0 amide bonds. The number of carbonyl (C=O) groups excluding carboxylic acids is 1. The molecule has 0 spiro atoms. The lowest BCUT2D eigenvalue weighted by molar-refractivity contribution is 0.0500. The Kier molecular flexibility index (Phi) is 14.3. The molecular weight excluding hydrogens is 438 g/mol. The van der Waals surface area contributed by atoms with Crippen LogP contribution >= 0.6 is 0 Å². The number of nitrogens with zero attached hydrogens (tertiary/aromatic N) is 1. The third-order valence-electron chi connectivity index (χ3n) is 5.96. The van der Waals surface area contributed by atoms with E-state index in [2.05, 4.69) is 18.8 Å². The van der Waals surface area contributed by atoms with Crippen molar-refractivity contribution in [3.8, 4) is 11.5 Å². The lowest BCUT2D eigenvalue weighted by atomic mass is 10.1. The number of unbranched alkanes of at least 4 members (excludes halogenated alkanes) is 10. The van der Waals surface area contributed by atoms with Gasteiger partial charge in [0.15, 0.2) is 0 Å². The number of phenols is 1. The summed E-state index contributed by atoms with van der Waals surface area (Å²) in [5.74, 6) is 0.479. The summed E-state index contributed by atoms with van der Waals surface area (Å²) in [5, 5.41) is 10.3. The van der Waals surface area contributed by atoms with Gasteiger partial charge in [0, 0.05) is 17.8 Å². The molecule has 0 aliphatic heterocycles. The monoisotopic (exact) mass is 481 g/mol. The highest BCUT2D eigenvalue weighted by atomic mass is 16.5. The van der Waals surface area contributed by atoms with Crippen molar-refractivity contribution in [2.75, 3.05) is 13.2 Å². The average Bonchev–Trinajstić information content (AvgIpc) is 2.87. The van der Waals surface area contributed by atoms with E-state index in [1.807, 2.05) is 6.07 Å². The maximum absolute atomic E-state index is 12.0. The Balaban J connectivity index is 1.68. The van der Waals surface area contributed by atoms with Crippen LogP contribution < -0.4 is 4.74 Å². The molecule has 0 radical (unpaired) electrons. The molecule has 2 aromatic carbocycles. The molecule has 0 aromatic heterocycles. The summed E-state index contributed by atoms with van der Waals surface area (Å²) in [4.78, 5) is 16.4. The smallest absolute Gasteiger partial charge is 0.338 e. The summed E-state index contributed by atoms with van der Waals surface area (Å²) in [6, 6.07) is 12.2. The van der Waals surface area contributed by atoms with Crippen LogP contribution in [0.3, 0.4) is 0 Å². The van der Waals surface area contributed by atoms with Gasteiger partial charge in [-0.3, -0.25) is 4.99 Å². The van der Waals surface area contributed by atoms with Crippen LogP contribution in [0.5, 0.6) is 11.5 Å². The second kappa shape index (κ2) is 17.6. The quantitative estimate of drug-likeness (QED) is 0.132. The minimum absolute atomic E-state index is 0.130. The Morgan fingerprint density at radius 1 is 0.800 bits per heavy atom. The van der Waals surface area contributed by atoms with Crippen LogP contribution in [0.15, 0.2) is 47.5 Å². The molecule has 0 heterocycles. The first-order valence-corrected chi connectivity index (χ1v) is 13.4. The molecule has 0 saturated heterocycles. The van der Waals surface area contributed by atoms with Gasteiger partial charge in [-0.25, -0.2) is 4.79 Å². The summed E-state index contributed by atoms with van der Waals surface area (Å²) in [6.07, 6.45) is 16.4. The highest BCUT2D eigenvalue weighted by Crippen LogP contribution is 2.24. The third kappa shape index (κ3) is 11.9. The van der Waals surface area contributed by atoms with Gasteiger partial charge in [0.2, 0.25) is 0 Å². The van der Waals surface area contributed by atoms with Gasteiger partial charge in [-0.15, -0.1) is 0 Å². The molecule has 0 aliphatic rings. The topological polar surface area (TPSA) is 68.1 Å². The highest BCUT2D eigenvalue weighted by Gasteiger charge is 2.06. The van der Waals surface area contributed by atoms with Gasteiger partial charge < -0.3 is 14.6 Å². The van der Waals surface area contributed by atoms with Crippen molar-refractivity contribution in [3.63, 3.8) is 0 Å². The van der Waals surface area contributed by atoms with Gasteiger partial charge in [0.05, 0.1) is 24.5 Å². The first-order chi connectivity index (χ1) is 17.1. The lowest BCUT2D eigenvalue weighted by Crippen LogP contribution is -2.05. The number of esters is 1. The van der Waals surface area contributed by atoms with E-state index < -0.39 is 0 Å². The van der Waals surface area contributed by atoms with Crippen LogP contribution in [0.1, 0.15) is 107 Å². The second-order valence-electron chi connectivity index (χ2n) is 9.05. The van der Waals surface area contributed by atoms with Crippen molar-refractivity contribution in [1.29, 1.82) is 0 Å². The van der Waals surface area contributed by atoms with Crippen LogP contribution in [0.25, 0.3) is 0 Å². The number of ether oxygens (including phenoxy) is 2. The molecule has 0 bridgehead atoms. The molecule has 2 aromatic rings. The van der Waals surface area contributed by atoms with Gasteiger partial charge in [-0.05, 0) is 49.2 Å². The van der Waals surface area contributed by atoms with Crippen molar-refractivity contribution in [2.24, 2.45) is 4.99 Å². The molecule has 0 saturated carbocycles. The van der Waals surface area contributed by atoms with Gasteiger partial charge in [-0.1, -0.05) is 78.1 Å². The number of phenolic OH excluding ortho intramolecular Hbond substituents is 1. The molecule has 0 aliphatic carbocycles. The number of rotatable bonds is 18. The number of hydrogen-bond donors (Lipinski definition) is 1. The van der Waals surface area contributed by atoms with E-state index >= 15 is 0 Å². The number of aromatic hydroxyl groups is 1. The highest BCUT2D eigenvalue weighted by molar-refractivity contribution is 5.90. The zero-order valence-corrected chi connectivity index (χ0v) is 21.6. The number of aliphatic imine (C=N–C) groups is 1. The largest absolute Gasteiger partial charge is 0.507 e. The Hall–Kier alpha value is -2.82. The summed E-state index contributed by atoms with van der Waals surface area (Å²) in [5.41, 5.74) is 1.81. The minimum atomic E-state index is -0.319. The molecule has 2 rings (SSSR count). The molecule has 5 heteroatoms. The van der Waals surface area contributed by atoms with Gasteiger partial charge >= 0.3 is 5.97 Å². The maximum Gasteiger partial charge on any atom is 0.338 e. The van der Waals surface area contributed by atoms with E-state index in [1.165, 1.54) is 57.8 Å². The summed E-state index contributed by atoms with van der Waals surface area (Å²) >= 11 is 0. The van der Waals surface area contributed by atoms with Crippen molar-refractivity contribution < 1.29 is 19.4 Å². The number of benzene rings is 2. The van der Waals surface area contributed by atoms with Crippen LogP contribution in [0.4, 0.5) is 5.69 Å². The van der Waals surface area contributed by atoms with E-state index in [4.69, 9.17) is 9.47 Å². The molecule has 0 atom stereocenters. The zero-order valence-electron chi connectivity index (χ0n) is 21.6. The average molecular weight is 482 g/mol. The van der Waals surface area contributed by atoms with Crippen molar-refractivity contribution >= 4 is 17.9 Å². The number of hydrogen-bond acceptors (Lipinski definition) is 5. The van der Waals surface area contributed by atoms with Crippen molar-refractivity contribution in [3.05, 3.63) is 53.6 Å². The fourth-order valence-corrected chi connectivity index (χ4v) is 3.72. The SMILES string of the molecule is CCCCCCCCCCCCOc1ccc(C=Nc2ccc(C(=O)OCCCC)cc2)c(O)c1. The summed E-state index contributed by atoms with van der Waals surface area (Å²) < 4.78 is 11.0. The Bertz CT molecular complexity index is 876. The zero-order chi connectivity index (χ0) is 25.1. The van der Waals surface area contributed by atoms with Crippen LogP contribution in [0, 0.1) is 0 Å². The predicted octanol–water partition coefficient (Wildman–Crippen LogP) is 8.40. The van der Waals surface area contributed by atoms with Crippen molar-refractivity contribution in [2.45, 2.75) is 90.9 Å². The van der Waals surface area contributed by atoms with Gasteiger partial charge in [-0.2, -0.15) is 0 Å². The molecule has 1 N–H and O–H groups in total. The van der Waals surface area contributed by atoms with Crippen LogP contribution in [-0.2, 0) is 4.74 Å². The fourth-order valence-electron chi connectivity index (χ4n) is 3.72. The lowest BCUT2D eigenvalue weighted by Gasteiger charge is -2.08. The summed E-state index contributed by atoms with van der Waals surface area (Å²) in [6.45, 7) is 5.41. The Morgan fingerprint density at radius 3 is 2.06 bits per heavy atom. The minimum Gasteiger partial charge on any atom is -0.507 e. The molecule has 192 valence electrons.